The minimum Gasteiger partial charge on any atom is -0.369 e. The lowest BCUT2D eigenvalue weighted by Gasteiger charge is -2.13. The maximum atomic E-state index is 4.35. The van der Waals surface area contributed by atoms with Gasteiger partial charge in [-0.3, -0.25) is 0 Å². The summed E-state index contributed by atoms with van der Waals surface area (Å²) in [5.74, 6) is 2.44. The van der Waals surface area contributed by atoms with Gasteiger partial charge >= 0.3 is 0 Å². The predicted molar refractivity (Wildman–Crippen MR) is 55.5 cm³/mol. The van der Waals surface area contributed by atoms with E-state index in [4.69, 9.17) is 0 Å². The van der Waals surface area contributed by atoms with Crippen LogP contribution in [0.1, 0.15) is 49.3 Å². The van der Waals surface area contributed by atoms with E-state index in [1.165, 1.54) is 30.5 Å². The molecule has 0 spiro atoms. The van der Waals surface area contributed by atoms with E-state index in [-0.39, 0.29) is 0 Å². The number of rotatable bonds is 2. The van der Waals surface area contributed by atoms with Crippen molar-refractivity contribution in [3.63, 3.8) is 0 Å². The Balaban J connectivity index is 2.00. The fraction of sp³-hybridized carbons (Fsp3) is 0.636. The molecule has 2 bridgehead atoms. The summed E-state index contributed by atoms with van der Waals surface area (Å²) < 4.78 is 0. The van der Waals surface area contributed by atoms with Gasteiger partial charge in [-0.25, -0.2) is 0 Å². The summed E-state index contributed by atoms with van der Waals surface area (Å²) in [7, 11) is 0. The number of hydrogen-bond donors (Lipinski definition) is 1. The third-order valence-corrected chi connectivity index (χ3v) is 3.47. The van der Waals surface area contributed by atoms with Gasteiger partial charge in [0.25, 0.3) is 0 Å². The van der Waals surface area contributed by atoms with Gasteiger partial charge in [0, 0.05) is 12.5 Å². The quantitative estimate of drug-likeness (QED) is 0.775. The van der Waals surface area contributed by atoms with Crippen molar-refractivity contribution in [3.8, 4) is 0 Å². The van der Waals surface area contributed by atoms with Crippen LogP contribution in [0.25, 0.3) is 0 Å². The SMILES string of the molecule is CCNc1cc2c(nn1)C1CCC2C1. The van der Waals surface area contributed by atoms with Crippen LogP contribution < -0.4 is 5.32 Å². The number of hydrogen-bond acceptors (Lipinski definition) is 3. The van der Waals surface area contributed by atoms with Crippen LogP contribution in [0.15, 0.2) is 6.07 Å². The lowest BCUT2D eigenvalue weighted by molar-refractivity contribution is 0.681. The molecule has 0 radical (unpaired) electrons. The Morgan fingerprint density at radius 3 is 3.07 bits per heavy atom. The summed E-state index contributed by atoms with van der Waals surface area (Å²) in [6.07, 6.45) is 4.00. The van der Waals surface area contributed by atoms with Crippen molar-refractivity contribution >= 4 is 5.82 Å². The van der Waals surface area contributed by atoms with Crippen molar-refractivity contribution in [2.45, 2.75) is 38.0 Å². The average molecular weight is 189 g/mol. The molecule has 1 fully saturated rings. The smallest absolute Gasteiger partial charge is 0.148 e. The van der Waals surface area contributed by atoms with E-state index in [1.54, 1.807) is 0 Å². The number of fused-ring (bicyclic) bond motifs is 5. The Kier molecular flexibility index (Phi) is 1.72. The molecule has 0 aromatic carbocycles. The molecule has 1 heterocycles. The molecule has 1 aromatic heterocycles. The third kappa shape index (κ3) is 1.04. The van der Waals surface area contributed by atoms with E-state index < -0.39 is 0 Å². The third-order valence-electron chi connectivity index (χ3n) is 3.47. The average Bonchev–Trinajstić information content (AvgIpc) is 2.78. The molecular weight excluding hydrogens is 174 g/mol. The maximum absolute atomic E-state index is 4.35. The molecule has 0 aliphatic heterocycles. The molecule has 74 valence electrons. The number of nitrogens with zero attached hydrogens (tertiary/aromatic N) is 2. The largest absolute Gasteiger partial charge is 0.369 e. The normalized spacial score (nSPS) is 27.8. The lowest BCUT2D eigenvalue weighted by atomic mass is 9.97. The van der Waals surface area contributed by atoms with Crippen molar-refractivity contribution in [2.75, 3.05) is 11.9 Å². The minimum absolute atomic E-state index is 0.721. The molecule has 14 heavy (non-hydrogen) atoms. The van der Waals surface area contributed by atoms with E-state index >= 15 is 0 Å². The zero-order valence-corrected chi connectivity index (χ0v) is 8.45. The fourth-order valence-corrected chi connectivity index (χ4v) is 2.84. The van der Waals surface area contributed by atoms with Crippen molar-refractivity contribution in [1.82, 2.24) is 10.2 Å². The van der Waals surface area contributed by atoms with Gasteiger partial charge in [-0.05, 0) is 43.7 Å². The lowest BCUT2D eigenvalue weighted by Crippen LogP contribution is -2.07. The molecule has 0 saturated heterocycles. The van der Waals surface area contributed by atoms with Crippen LogP contribution in [-0.2, 0) is 0 Å². The number of nitrogens with one attached hydrogen (secondary N) is 1. The van der Waals surface area contributed by atoms with Gasteiger partial charge in [0.1, 0.15) is 5.82 Å². The number of aromatic nitrogens is 2. The second kappa shape index (κ2) is 2.94. The first-order valence-corrected chi connectivity index (χ1v) is 5.50. The van der Waals surface area contributed by atoms with Crippen LogP contribution in [0.4, 0.5) is 5.82 Å². The van der Waals surface area contributed by atoms with E-state index in [0.717, 1.165) is 24.2 Å². The second-order valence-corrected chi connectivity index (χ2v) is 4.31. The molecule has 2 atom stereocenters. The van der Waals surface area contributed by atoms with Gasteiger partial charge in [-0.2, -0.15) is 5.10 Å². The van der Waals surface area contributed by atoms with Crippen LogP contribution in [-0.4, -0.2) is 16.7 Å². The molecule has 2 unspecified atom stereocenters. The Labute approximate surface area is 83.9 Å². The van der Waals surface area contributed by atoms with Gasteiger partial charge in [0.2, 0.25) is 0 Å². The first kappa shape index (κ1) is 8.21. The molecule has 1 saturated carbocycles. The van der Waals surface area contributed by atoms with Crippen molar-refractivity contribution in [2.24, 2.45) is 0 Å². The van der Waals surface area contributed by atoms with Gasteiger partial charge in [-0.1, -0.05) is 0 Å². The van der Waals surface area contributed by atoms with E-state index in [0.29, 0.717) is 0 Å². The van der Waals surface area contributed by atoms with E-state index in [1.807, 2.05) is 0 Å². The van der Waals surface area contributed by atoms with Crippen LogP contribution in [0.5, 0.6) is 0 Å². The molecule has 1 aromatic rings. The first-order valence-electron chi connectivity index (χ1n) is 5.50. The molecule has 3 rings (SSSR count). The summed E-state index contributed by atoms with van der Waals surface area (Å²) in [5, 5.41) is 11.8. The molecule has 3 nitrogen and oxygen atoms in total. The standard InChI is InChI=1S/C11H15N3/c1-2-12-10-6-9-7-3-4-8(5-7)11(9)14-13-10/h6-8H,2-5H2,1H3,(H,12,13). The molecule has 2 aliphatic rings. The van der Waals surface area contributed by atoms with Gasteiger partial charge in [0.15, 0.2) is 0 Å². The summed E-state index contributed by atoms with van der Waals surface area (Å²) in [6.45, 7) is 3.00. The summed E-state index contributed by atoms with van der Waals surface area (Å²) in [5.41, 5.74) is 2.75. The first-order chi connectivity index (χ1) is 6.88. The fourth-order valence-electron chi connectivity index (χ4n) is 2.84. The maximum Gasteiger partial charge on any atom is 0.148 e. The summed E-state index contributed by atoms with van der Waals surface area (Å²) >= 11 is 0. The monoisotopic (exact) mass is 189 g/mol. The summed E-state index contributed by atoms with van der Waals surface area (Å²) in [4.78, 5) is 0. The second-order valence-electron chi connectivity index (χ2n) is 4.31. The zero-order valence-electron chi connectivity index (χ0n) is 8.45. The van der Waals surface area contributed by atoms with Gasteiger partial charge in [0.05, 0.1) is 5.69 Å². The molecule has 1 N–H and O–H groups in total. The van der Waals surface area contributed by atoms with Crippen molar-refractivity contribution in [1.29, 1.82) is 0 Å². The van der Waals surface area contributed by atoms with Crippen LogP contribution in [0.3, 0.4) is 0 Å². The highest BCUT2D eigenvalue weighted by Crippen LogP contribution is 2.52. The van der Waals surface area contributed by atoms with Crippen molar-refractivity contribution in [3.05, 3.63) is 17.3 Å². The molecule has 0 amide bonds. The molecule has 2 aliphatic carbocycles. The van der Waals surface area contributed by atoms with Crippen LogP contribution >= 0.6 is 0 Å². The minimum atomic E-state index is 0.721. The Morgan fingerprint density at radius 2 is 2.21 bits per heavy atom. The molecular formula is C11H15N3. The van der Waals surface area contributed by atoms with Gasteiger partial charge < -0.3 is 5.32 Å². The van der Waals surface area contributed by atoms with Crippen LogP contribution in [0.2, 0.25) is 0 Å². The topological polar surface area (TPSA) is 37.8 Å². The van der Waals surface area contributed by atoms with E-state index in [2.05, 4.69) is 28.5 Å². The Hall–Kier alpha value is -1.12. The summed E-state index contributed by atoms with van der Waals surface area (Å²) in [6, 6.07) is 2.20. The highest BCUT2D eigenvalue weighted by molar-refractivity contribution is 5.44. The van der Waals surface area contributed by atoms with Crippen molar-refractivity contribution < 1.29 is 0 Å². The Morgan fingerprint density at radius 1 is 1.36 bits per heavy atom. The molecule has 3 heteroatoms. The van der Waals surface area contributed by atoms with E-state index in [9.17, 15) is 0 Å². The van der Waals surface area contributed by atoms with Gasteiger partial charge in [-0.15, -0.1) is 5.10 Å². The predicted octanol–water partition coefficient (Wildman–Crippen LogP) is 2.27. The number of anilines is 1. The highest BCUT2D eigenvalue weighted by Gasteiger charge is 2.38. The zero-order chi connectivity index (χ0) is 9.54. The highest BCUT2D eigenvalue weighted by atomic mass is 15.2. The van der Waals surface area contributed by atoms with Crippen LogP contribution in [0, 0.1) is 0 Å². The Bertz CT molecular complexity index is 362.